The highest BCUT2D eigenvalue weighted by Crippen LogP contribution is 2.39. The number of benzene rings is 2. The molecule has 192 valence electrons. The quantitative estimate of drug-likeness (QED) is 0.240. The van der Waals surface area contributed by atoms with E-state index in [1.165, 1.54) is 33.5 Å². The molecule has 1 atom stereocenters. The van der Waals surface area contributed by atoms with Gasteiger partial charge in [-0.3, -0.25) is 9.59 Å². The monoisotopic (exact) mass is 534 g/mol. The number of aliphatic hydroxyl groups excluding tert-OH is 1. The zero-order valence-electron chi connectivity index (χ0n) is 19.7. The smallest absolute Gasteiger partial charge is 0.295 e. The fraction of sp³-hybridized carbons (Fsp3) is 0.360. The van der Waals surface area contributed by atoms with Crippen LogP contribution in [0.25, 0.3) is 5.76 Å². The van der Waals surface area contributed by atoms with Crippen molar-refractivity contribution in [3.63, 3.8) is 0 Å². The number of methoxy groups -OCH3 is 1. The molecule has 0 bridgehead atoms. The Kier molecular flexibility index (Phi) is 8.11. The Morgan fingerprint density at radius 2 is 1.72 bits per heavy atom. The van der Waals surface area contributed by atoms with Gasteiger partial charge in [-0.1, -0.05) is 23.7 Å². The lowest BCUT2D eigenvalue weighted by molar-refractivity contribution is -0.140. The molecule has 2 aromatic rings. The van der Waals surface area contributed by atoms with Crippen LogP contribution in [0.1, 0.15) is 23.6 Å². The molecule has 11 heteroatoms. The summed E-state index contributed by atoms with van der Waals surface area (Å²) < 4.78 is 37.5. The van der Waals surface area contributed by atoms with E-state index in [2.05, 4.69) is 0 Å². The summed E-state index contributed by atoms with van der Waals surface area (Å²) in [6.45, 7) is 1.82. The number of hydrogen-bond donors (Lipinski definition) is 1. The van der Waals surface area contributed by atoms with Crippen LogP contribution in [0.15, 0.2) is 59.0 Å². The summed E-state index contributed by atoms with van der Waals surface area (Å²) in [4.78, 5) is 27.5. The van der Waals surface area contributed by atoms with Gasteiger partial charge >= 0.3 is 0 Å². The number of carbonyl (C=O) groups excluding carboxylic acids is 2. The SMILES string of the molecule is COCCCN1C(=O)C(=O)C(=C(O)c2ccc(S(=O)(=O)N3CCOCC3)cc2)C1c1ccc(Cl)cc1. The molecule has 0 spiro atoms. The van der Waals surface area contributed by atoms with Crippen LogP contribution in [0.4, 0.5) is 0 Å². The minimum absolute atomic E-state index is 0.0650. The van der Waals surface area contributed by atoms with Crippen molar-refractivity contribution in [2.24, 2.45) is 0 Å². The van der Waals surface area contributed by atoms with Gasteiger partial charge in [0.15, 0.2) is 0 Å². The maximum absolute atomic E-state index is 13.1. The molecule has 2 aliphatic rings. The maximum atomic E-state index is 13.1. The van der Waals surface area contributed by atoms with Crippen LogP contribution in [0, 0.1) is 0 Å². The summed E-state index contributed by atoms with van der Waals surface area (Å²) in [5.74, 6) is -1.91. The van der Waals surface area contributed by atoms with Crippen LogP contribution >= 0.6 is 11.6 Å². The molecule has 4 rings (SSSR count). The average Bonchev–Trinajstić information content (AvgIpc) is 3.14. The summed E-state index contributed by atoms with van der Waals surface area (Å²) >= 11 is 6.03. The first-order valence-corrected chi connectivity index (χ1v) is 13.3. The van der Waals surface area contributed by atoms with Crippen LogP contribution in [-0.4, -0.2) is 81.0 Å². The Morgan fingerprint density at radius 1 is 1.08 bits per heavy atom. The molecule has 9 nitrogen and oxygen atoms in total. The number of carbonyl (C=O) groups is 2. The second-order valence-electron chi connectivity index (χ2n) is 8.43. The van der Waals surface area contributed by atoms with Crippen molar-refractivity contribution < 1.29 is 32.6 Å². The molecule has 1 N–H and O–H groups in total. The highest BCUT2D eigenvalue weighted by Gasteiger charge is 2.45. The van der Waals surface area contributed by atoms with E-state index in [9.17, 15) is 23.1 Å². The second-order valence-corrected chi connectivity index (χ2v) is 10.8. The van der Waals surface area contributed by atoms with E-state index in [1.807, 2.05) is 0 Å². The number of ether oxygens (including phenoxy) is 2. The van der Waals surface area contributed by atoms with E-state index in [-0.39, 0.29) is 41.4 Å². The summed E-state index contributed by atoms with van der Waals surface area (Å²) in [5, 5.41) is 11.7. The molecule has 0 saturated carbocycles. The number of likely N-dealkylation sites (tertiary alicyclic amines) is 1. The van der Waals surface area contributed by atoms with Gasteiger partial charge in [-0.25, -0.2) is 8.42 Å². The van der Waals surface area contributed by atoms with Crippen LogP contribution in [-0.2, 0) is 29.1 Å². The third-order valence-corrected chi connectivity index (χ3v) is 8.37. The Balaban J connectivity index is 1.71. The van der Waals surface area contributed by atoms with E-state index in [0.29, 0.717) is 36.8 Å². The third kappa shape index (κ3) is 5.18. The highest BCUT2D eigenvalue weighted by atomic mass is 35.5. The number of Topliss-reactive ketones (excluding diaryl/α,β-unsaturated/α-hetero) is 1. The second kappa shape index (κ2) is 11.1. The number of halogens is 1. The first-order chi connectivity index (χ1) is 17.3. The molecule has 0 radical (unpaired) electrons. The fourth-order valence-electron chi connectivity index (χ4n) is 4.36. The van der Waals surface area contributed by atoms with Crippen molar-refractivity contribution in [3.05, 3.63) is 70.3 Å². The first-order valence-electron chi connectivity index (χ1n) is 11.5. The summed E-state index contributed by atoms with van der Waals surface area (Å²) in [7, 11) is -2.17. The molecular weight excluding hydrogens is 508 g/mol. The lowest BCUT2D eigenvalue weighted by atomic mass is 9.95. The summed E-state index contributed by atoms with van der Waals surface area (Å²) in [5.41, 5.74) is 0.775. The molecular formula is C25H27ClN2O7S. The van der Waals surface area contributed by atoms with Gasteiger partial charge in [0.2, 0.25) is 10.0 Å². The molecule has 0 aromatic heterocycles. The van der Waals surface area contributed by atoms with Crippen LogP contribution in [0.3, 0.4) is 0 Å². The average molecular weight is 535 g/mol. The normalized spacial score (nSPS) is 20.7. The summed E-state index contributed by atoms with van der Waals surface area (Å²) in [6, 6.07) is 11.5. The van der Waals surface area contributed by atoms with Crippen LogP contribution in [0.5, 0.6) is 0 Å². The molecule has 36 heavy (non-hydrogen) atoms. The standard InChI is InChI=1S/C25H27ClN2O7S/c1-34-14-2-11-28-22(17-3-7-19(26)8-4-17)21(24(30)25(28)31)23(29)18-5-9-20(10-6-18)36(32,33)27-12-15-35-16-13-27/h3-10,22,29H,2,11-16H2,1H3. The number of nitrogens with zero attached hydrogens (tertiary/aromatic N) is 2. The van der Waals surface area contributed by atoms with Gasteiger partial charge in [-0.2, -0.15) is 4.31 Å². The van der Waals surface area contributed by atoms with Crippen molar-refractivity contribution in [2.75, 3.05) is 46.6 Å². The van der Waals surface area contributed by atoms with Crippen LogP contribution in [0.2, 0.25) is 5.02 Å². The lowest BCUT2D eigenvalue weighted by Gasteiger charge is -2.26. The molecule has 2 aliphatic heterocycles. The van der Waals surface area contributed by atoms with Crippen molar-refractivity contribution in [3.8, 4) is 0 Å². The van der Waals surface area contributed by atoms with Gasteiger partial charge in [0, 0.05) is 43.9 Å². The van der Waals surface area contributed by atoms with Gasteiger partial charge in [-0.05, 0) is 48.4 Å². The molecule has 2 saturated heterocycles. The third-order valence-electron chi connectivity index (χ3n) is 6.21. The van der Waals surface area contributed by atoms with E-state index < -0.39 is 27.8 Å². The van der Waals surface area contributed by atoms with Crippen molar-refractivity contribution >= 4 is 39.1 Å². The van der Waals surface area contributed by atoms with E-state index >= 15 is 0 Å². The molecule has 2 aromatic carbocycles. The Labute approximate surface area is 214 Å². The minimum atomic E-state index is -3.72. The number of sulfonamides is 1. The summed E-state index contributed by atoms with van der Waals surface area (Å²) in [6.07, 6.45) is 0.502. The zero-order valence-corrected chi connectivity index (χ0v) is 21.3. The minimum Gasteiger partial charge on any atom is -0.507 e. The van der Waals surface area contributed by atoms with E-state index in [1.54, 1.807) is 31.4 Å². The number of ketones is 1. The molecule has 0 aliphatic carbocycles. The first kappa shape index (κ1) is 26.3. The molecule has 1 unspecified atom stereocenters. The predicted octanol–water partition coefficient (Wildman–Crippen LogP) is 2.82. The zero-order chi connectivity index (χ0) is 25.9. The van der Waals surface area contributed by atoms with E-state index in [0.717, 1.165) is 0 Å². The number of morpholine rings is 1. The number of rotatable bonds is 8. The van der Waals surface area contributed by atoms with Gasteiger partial charge in [0.1, 0.15) is 5.76 Å². The van der Waals surface area contributed by atoms with Gasteiger partial charge < -0.3 is 19.5 Å². The van der Waals surface area contributed by atoms with Gasteiger partial charge in [-0.15, -0.1) is 0 Å². The van der Waals surface area contributed by atoms with Crippen LogP contribution < -0.4 is 0 Å². The van der Waals surface area contributed by atoms with Crippen molar-refractivity contribution in [1.82, 2.24) is 9.21 Å². The molecule has 2 heterocycles. The Hall–Kier alpha value is -2.76. The number of amides is 1. The van der Waals surface area contributed by atoms with Gasteiger partial charge in [0.25, 0.3) is 11.7 Å². The topological polar surface area (TPSA) is 113 Å². The molecule has 1 amide bonds. The maximum Gasteiger partial charge on any atom is 0.295 e. The number of aliphatic hydroxyl groups is 1. The van der Waals surface area contributed by atoms with Gasteiger partial charge in [0.05, 0.1) is 29.7 Å². The van der Waals surface area contributed by atoms with Crippen molar-refractivity contribution in [2.45, 2.75) is 17.4 Å². The fourth-order valence-corrected chi connectivity index (χ4v) is 5.89. The lowest BCUT2D eigenvalue weighted by Crippen LogP contribution is -2.40. The Bertz CT molecular complexity index is 1250. The Morgan fingerprint density at radius 3 is 2.33 bits per heavy atom. The van der Waals surface area contributed by atoms with E-state index in [4.69, 9.17) is 21.1 Å². The molecule has 2 fully saturated rings. The highest BCUT2D eigenvalue weighted by molar-refractivity contribution is 7.89. The largest absolute Gasteiger partial charge is 0.507 e. The predicted molar refractivity (Wildman–Crippen MR) is 133 cm³/mol. The number of hydrogen-bond acceptors (Lipinski definition) is 7. The van der Waals surface area contributed by atoms with Crippen molar-refractivity contribution in [1.29, 1.82) is 0 Å².